The Hall–Kier alpha value is -3.36. The Morgan fingerprint density at radius 2 is 1.82 bits per heavy atom. The number of morpholine rings is 1. The molecule has 33 heavy (non-hydrogen) atoms. The maximum Gasteiger partial charge on any atom is 0.163 e. The lowest BCUT2D eigenvalue weighted by molar-refractivity contribution is 0.0321. The second kappa shape index (κ2) is 10.5. The van der Waals surface area contributed by atoms with Gasteiger partial charge in [0.1, 0.15) is 23.9 Å². The molecule has 0 N–H and O–H groups in total. The van der Waals surface area contributed by atoms with E-state index >= 15 is 0 Å². The minimum Gasteiger partial charge on any atom is -0.497 e. The van der Waals surface area contributed by atoms with Crippen LogP contribution in [0.4, 0.5) is 0 Å². The van der Waals surface area contributed by atoms with Gasteiger partial charge in [-0.15, -0.1) is 0 Å². The van der Waals surface area contributed by atoms with Gasteiger partial charge < -0.3 is 23.7 Å². The van der Waals surface area contributed by atoms with Gasteiger partial charge in [-0.1, -0.05) is 0 Å². The first-order valence-electron chi connectivity index (χ1n) is 10.9. The average Bonchev–Trinajstić information content (AvgIpc) is 2.84. The molecule has 174 valence electrons. The van der Waals surface area contributed by atoms with Gasteiger partial charge in [-0.2, -0.15) is 0 Å². The molecule has 2 aromatic carbocycles. The first kappa shape index (κ1) is 22.8. The van der Waals surface area contributed by atoms with Crippen molar-refractivity contribution in [2.45, 2.75) is 6.92 Å². The SMILES string of the molecule is COc1ccc(Oc2ccnc3cc(OCCN4CCOCC4)c(OC)cc23)c(C(C)=O)c1. The molecule has 1 aromatic heterocycles. The van der Waals surface area contributed by atoms with Crippen LogP contribution in [0.15, 0.2) is 42.6 Å². The molecule has 8 heteroatoms. The van der Waals surface area contributed by atoms with E-state index < -0.39 is 0 Å². The molecule has 2 heterocycles. The molecule has 1 fully saturated rings. The highest BCUT2D eigenvalue weighted by Gasteiger charge is 2.16. The number of hydrogen-bond donors (Lipinski definition) is 0. The molecule has 0 saturated carbocycles. The zero-order valence-electron chi connectivity index (χ0n) is 19.1. The largest absolute Gasteiger partial charge is 0.497 e. The number of ether oxygens (including phenoxy) is 5. The van der Waals surface area contributed by atoms with Crippen molar-refractivity contribution >= 4 is 16.7 Å². The van der Waals surface area contributed by atoms with Crippen LogP contribution in [0.5, 0.6) is 28.7 Å². The van der Waals surface area contributed by atoms with Gasteiger partial charge in [-0.3, -0.25) is 14.7 Å². The summed E-state index contributed by atoms with van der Waals surface area (Å²) < 4.78 is 28.4. The fourth-order valence-electron chi connectivity index (χ4n) is 3.72. The number of ketones is 1. The Morgan fingerprint density at radius 1 is 1.00 bits per heavy atom. The van der Waals surface area contributed by atoms with Crippen molar-refractivity contribution in [3.63, 3.8) is 0 Å². The van der Waals surface area contributed by atoms with E-state index in [1.807, 2.05) is 12.1 Å². The van der Waals surface area contributed by atoms with Crippen LogP contribution < -0.4 is 18.9 Å². The molecule has 0 atom stereocenters. The van der Waals surface area contributed by atoms with Crippen LogP contribution >= 0.6 is 0 Å². The summed E-state index contributed by atoms with van der Waals surface area (Å²) in [6, 6.07) is 10.6. The zero-order valence-corrected chi connectivity index (χ0v) is 19.1. The van der Waals surface area contributed by atoms with E-state index in [0.717, 1.165) is 38.2 Å². The van der Waals surface area contributed by atoms with Crippen LogP contribution in [0.3, 0.4) is 0 Å². The lowest BCUT2D eigenvalue weighted by Crippen LogP contribution is -2.38. The highest BCUT2D eigenvalue weighted by Crippen LogP contribution is 2.38. The summed E-state index contributed by atoms with van der Waals surface area (Å²) >= 11 is 0. The van der Waals surface area contributed by atoms with Gasteiger partial charge in [0.2, 0.25) is 0 Å². The first-order chi connectivity index (χ1) is 16.1. The highest BCUT2D eigenvalue weighted by molar-refractivity contribution is 5.97. The van der Waals surface area contributed by atoms with Crippen molar-refractivity contribution in [2.24, 2.45) is 0 Å². The zero-order chi connectivity index (χ0) is 23.2. The van der Waals surface area contributed by atoms with E-state index in [4.69, 9.17) is 23.7 Å². The summed E-state index contributed by atoms with van der Waals surface area (Å²) in [5.41, 5.74) is 1.14. The van der Waals surface area contributed by atoms with E-state index in [0.29, 0.717) is 46.4 Å². The summed E-state index contributed by atoms with van der Waals surface area (Å²) in [5, 5.41) is 0.750. The summed E-state index contributed by atoms with van der Waals surface area (Å²) in [6.45, 7) is 6.17. The normalized spacial score (nSPS) is 14.2. The van der Waals surface area contributed by atoms with Crippen LogP contribution in [0.25, 0.3) is 10.9 Å². The number of nitrogens with zero attached hydrogens (tertiary/aromatic N) is 2. The molecule has 1 aliphatic rings. The van der Waals surface area contributed by atoms with Crippen LogP contribution in [0, 0.1) is 0 Å². The molecule has 3 aromatic rings. The fraction of sp³-hybridized carbons (Fsp3) is 0.360. The summed E-state index contributed by atoms with van der Waals surface area (Å²) in [7, 11) is 3.16. The second-order valence-corrected chi connectivity index (χ2v) is 7.65. The Bertz CT molecular complexity index is 1130. The topological polar surface area (TPSA) is 79.3 Å². The predicted molar refractivity (Wildman–Crippen MR) is 124 cm³/mol. The highest BCUT2D eigenvalue weighted by atomic mass is 16.5. The fourth-order valence-corrected chi connectivity index (χ4v) is 3.72. The molecule has 0 unspecified atom stereocenters. The number of pyridine rings is 1. The first-order valence-corrected chi connectivity index (χ1v) is 10.9. The number of rotatable bonds is 9. The molecule has 1 aliphatic heterocycles. The second-order valence-electron chi connectivity index (χ2n) is 7.65. The van der Waals surface area contributed by atoms with Gasteiger partial charge in [0.05, 0.1) is 38.5 Å². The molecule has 1 saturated heterocycles. The number of fused-ring (bicyclic) bond motifs is 1. The van der Waals surface area contributed by atoms with Crippen molar-refractivity contribution in [3.05, 3.63) is 48.2 Å². The van der Waals surface area contributed by atoms with E-state index in [-0.39, 0.29) is 5.78 Å². The van der Waals surface area contributed by atoms with E-state index in [1.54, 1.807) is 44.7 Å². The number of Topliss-reactive ketones (excluding diaryl/α,β-unsaturated/α-hetero) is 1. The van der Waals surface area contributed by atoms with Crippen molar-refractivity contribution in [3.8, 4) is 28.7 Å². The average molecular weight is 453 g/mol. The smallest absolute Gasteiger partial charge is 0.163 e. The maximum absolute atomic E-state index is 12.2. The molecule has 0 radical (unpaired) electrons. The van der Waals surface area contributed by atoms with Gasteiger partial charge in [-0.25, -0.2) is 0 Å². The summed E-state index contributed by atoms with van der Waals surface area (Å²) in [5.74, 6) is 2.69. The number of hydrogen-bond acceptors (Lipinski definition) is 8. The molecule has 4 rings (SSSR count). The number of carbonyl (C=O) groups is 1. The third-order valence-electron chi connectivity index (χ3n) is 5.54. The molecule has 0 amide bonds. The van der Waals surface area contributed by atoms with Crippen LogP contribution in [0.1, 0.15) is 17.3 Å². The maximum atomic E-state index is 12.2. The monoisotopic (exact) mass is 452 g/mol. The van der Waals surface area contributed by atoms with Crippen molar-refractivity contribution in [2.75, 3.05) is 53.7 Å². The molecule has 0 spiro atoms. The lowest BCUT2D eigenvalue weighted by Gasteiger charge is -2.26. The Morgan fingerprint density at radius 3 is 2.55 bits per heavy atom. The molecule has 0 bridgehead atoms. The minimum atomic E-state index is -0.115. The lowest BCUT2D eigenvalue weighted by atomic mass is 10.1. The van der Waals surface area contributed by atoms with Gasteiger partial charge in [0, 0.05) is 37.3 Å². The predicted octanol–water partition coefficient (Wildman–Crippen LogP) is 3.96. The van der Waals surface area contributed by atoms with E-state index in [9.17, 15) is 4.79 Å². The van der Waals surface area contributed by atoms with Crippen LogP contribution in [0.2, 0.25) is 0 Å². The Balaban J connectivity index is 1.58. The van der Waals surface area contributed by atoms with Crippen LogP contribution in [-0.2, 0) is 4.74 Å². The van der Waals surface area contributed by atoms with Crippen molar-refractivity contribution in [1.82, 2.24) is 9.88 Å². The standard InChI is InChI=1S/C25H28N2O6/c1-17(28)19-14-18(29-2)4-5-22(19)33-23-6-7-26-21-16-25(24(30-3)15-20(21)23)32-13-10-27-8-11-31-12-9-27/h4-7,14-16H,8-13H2,1-3H3. The molecular formula is C25H28N2O6. The number of aromatic nitrogens is 1. The van der Waals surface area contributed by atoms with E-state index in [1.165, 1.54) is 6.92 Å². The molecule has 8 nitrogen and oxygen atoms in total. The molecular weight excluding hydrogens is 424 g/mol. The Labute approximate surface area is 193 Å². The Kier molecular flexibility index (Phi) is 7.26. The number of carbonyl (C=O) groups excluding carboxylic acids is 1. The summed E-state index contributed by atoms with van der Waals surface area (Å²) in [6.07, 6.45) is 1.67. The van der Waals surface area contributed by atoms with Gasteiger partial charge in [0.25, 0.3) is 0 Å². The third-order valence-corrected chi connectivity index (χ3v) is 5.54. The van der Waals surface area contributed by atoms with Gasteiger partial charge >= 0.3 is 0 Å². The van der Waals surface area contributed by atoms with Crippen molar-refractivity contribution in [1.29, 1.82) is 0 Å². The van der Waals surface area contributed by atoms with Gasteiger partial charge in [-0.05, 0) is 37.3 Å². The quantitative estimate of drug-likeness (QED) is 0.452. The minimum absolute atomic E-state index is 0.115. The molecule has 0 aliphatic carbocycles. The summed E-state index contributed by atoms with van der Waals surface area (Å²) in [4.78, 5) is 18.9. The van der Waals surface area contributed by atoms with E-state index in [2.05, 4.69) is 9.88 Å². The number of benzene rings is 2. The third kappa shape index (κ3) is 5.35. The van der Waals surface area contributed by atoms with Gasteiger partial charge in [0.15, 0.2) is 17.3 Å². The number of methoxy groups -OCH3 is 2. The van der Waals surface area contributed by atoms with Crippen molar-refractivity contribution < 1.29 is 28.5 Å². The van der Waals surface area contributed by atoms with Crippen LogP contribution in [-0.4, -0.2) is 69.3 Å².